The number of aromatic nitrogens is 3. The van der Waals surface area contributed by atoms with Gasteiger partial charge in [-0.15, -0.1) is 0 Å². The summed E-state index contributed by atoms with van der Waals surface area (Å²) in [5.41, 5.74) is 2.27. The molecule has 0 saturated carbocycles. The van der Waals surface area contributed by atoms with Crippen LogP contribution in [0.2, 0.25) is 0 Å². The van der Waals surface area contributed by atoms with E-state index in [0.29, 0.717) is 18.0 Å². The van der Waals surface area contributed by atoms with Crippen LogP contribution in [0.3, 0.4) is 0 Å². The third kappa shape index (κ3) is 4.47. The molecule has 0 bridgehead atoms. The Bertz CT molecular complexity index is 763. The number of hydrogen-bond acceptors (Lipinski definition) is 4. The molecule has 3 heterocycles. The molecule has 1 aliphatic heterocycles. The van der Waals surface area contributed by atoms with Crippen molar-refractivity contribution in [2.24, 2.45) is 13.0 Å². The highest BCUT2D eigenvalue weighted by molar-refractivity contribution is 5.95. The summed E-state index contributed by atoms with van der Waals surface area (Å²) in [6.45, 7) is 3.58. The molecule has 1 fully saturated rings. The third-order valence-electron chi connectivity index (χ3n) is 4.85. The van der Waals surface area contributed by atoms with Gasteiger partial charge in [-0.25, -0.2) is 0 Å². The fourth-order valence-electron chi connectivity index (χ4n) is 3.37. The third-order valence-corrected chi connectivity index (χ3v) is 4.85. The number of likely N-dealkylation sites (tertiary alicyclic amines) is 1. The molecule has 0 spiro atoms. The molecule has 2 amide bonds. The fourth-order valence-corrected chi connectivity index (χ4v) is 3.37. The molecule has 0 unspecified atom stereocenters. The molecule has 138 valence electrons. The van der Waals surface area contributed by atoms with Crippen molar-refractivity contribution in [2.75, 3.05) is 13.1 Å². The Morgan fingerprint density at radius 3 is 2.69 bits per heavy atom. The van der Waals surface area contributed by atoms with Gasteiger partial charge in [-0.1, -0.05) is 6.07 Å². The fraction of sp³-hybridized carbons (Fsp3) is 0.474. The van der Waals surface area contributed by atoms with E-state index in [1.54, 1.807) is 24.0 Å². The zero-order chi connectivity index (χ0) is 18.5. The van der Waals surface area contributed by atoms with Gasteiger partial charge in [-0.3, -0.25) is 19.3 Å². The van der Waals surface area contributed by atoms with Gasteiger partial charge in [0.05, 0.1) is 23.5 Å². The zero-order valence-electron chi connectivity index (χ0n) is 15.3. The van der Waals surface area contributed by atoms with Gasteiger partial charge >= 0.3 is 0 Å². The quantitative estimate of drug-likeness (QED) is 0.882. The number of piperidine rings is 1. The van der Waals surface area contributed by atoms with Gasteiger partial charge in [-0.2, -0.15) is 5.10 Å². The number of pyridine rings is 1. The number of rotatable bonds is 5. The summed E-state index contributed by atoms with van der Waals surface area (Å²) in [6.07, 6.45) is 6.15. The minimum absolute atomic E-state index is 0.125. The highest BCUT2D eigenvalue weighted by Gasteiger charge is 2.24. The summed E-state index contributed by atoms with van der Waals surface area (Å²) in [4.78, 5) is 30.1. The summed E-state index contributed by atoms with van der Waals surface area (Å²) in [5, 5.41) is 7.42. The Kier molecular flexibility index (Phi) is 5.65. The van der Waals surface area contributed by atoms with Gasteiger partial charge in [0.15, 0.2) is 0 Å². The Morgan fingerprint density at radius 1 is 1.27 bits per heavy atom. The number of nitrogens with one attached hydrogen (secondary N) is 1. The van der Waals surface area contributed by atoms with Crippen molar-refractivity contribution in [1.82, 2.24) is 25.0 Å². The molecule has 0 atom stereocenters. The second-order valence-corrected chi connectivity index (χ2v) is 6.82. The minimum Gasteiger partial charge on any atom is -0.346 e. The minimum atomic E-state index is -0.125. The first-order chi connectivity index (χ1) is 12.5. The number of nitrogens with zero attached hydrogens (tertiary/aromatic N) is 4. The SMILES string of the molecule is CC(=O)N1CCC(Cc2nn(C)cc2C(=O)NCc2ccccn2)CC1. The van der Waals surface area contributed by atoms with Crippen LogP contribution in [0.25, 0.3) is 0 Å². The molecule has 1 saturated heterocycles. The number of hydrogen-bond donors (Lipinski definition) is 1. The highest BCUT2D eigenvalue weighted by Crippen LogP contribution is 2.22. The van der Waals surface area contributed by atoms with Crippen LogP contribution in [0.4, 0.5) is 0 Å². The van der Waals surface area contributed by atoms with Crippen LogP contribution < -0.4 is 5.32 Å². The topological polar surface area (TPSA) is 80.1 Å². The van der Waals surface area contributed by atoms with Crippen molar-refractivity contribution in [3.05, 3.63) is 47.5 Å². The maximum absolute atomic E-state index is 12.6. The van der Waals surface area contributed by atoms with Crippen LogP contribution in [0.15, 0.2) is 30.6 Å². The van der Waals surface area contributed by atoms with Crippen molar-refractivity contribution in [3.8, 4) is 0 Å². The predicted octanol–water partition coefficient (Wildman–Crippen LogP) is 1.55. The number of aryl methyl sites for hydroxylation is 1. The highest BCUT2D eigenvalue weighted by atomic mass is 16.2. The van der Waals surface area contributed by atoms with E-state index in [9.17, 15) is 9.59 Å². The maximum Gasteiger partial charge on any atom is 0.255 e. The Hall–Kier alpha value is -2.70. The Labute approximate surface area is 153 Å². The van der Waals surface area contributed by atoms with E-state index in [1.807, 2.05) is 30.1 Å². The van der Waals surface area contributed by atoms with Crippen molar-refractivity contribution in [2.45, 2.75) is 32.7 Å². The summed E-state index contributed by atoms with van der Waals surface area (Å²) in [6, 6.07) is 5.63. The second kappa shape index (κ2) is 8.12. The number of carbonyl (C=O) groups is 2. The van der Waals surface area contributed by atoms with Crippen molar-refractivity contribution < 1.29 is 9.59 Å². The first-order valence-electron chi connectivity index (χ1n) is 8.99. The van der Waals surface area contributed by atoms with E-state index in [4.69, 9.17) is 0 Å². The zero-order valence-corrected chi connectivity index (χ0v) is 15.3. The first-order valence-corrected chi connectivity index (χ1v) is 8.99. The molecule has 3 rings (SSSR count). The van der Waals surface area contributed by atoms with Gasteiger partial charge in [0.1, 0.15) is 0 Å². The summed E-state index contributed by atoms with van der Waals surface area (Å²) < 4.78 is 1.69. The largest absolute Gasteiger partial charge is 0.346 e. The van der Waals surface area contributed by atoms with E-state index < -0.39 is 0 Å². The predicted molar refractivity (Wildman–Crippen MR) is 97.3 cm³/mol. The van der Waals surface area contributed by atoms with Crippen LogP contribution in [0, 0.1) is 5.92 Å². The van der Waals surface area contributed by atoms with E-state index in [0.717, 1.165) is 43.7 Å². The monoisotopic (exact) mass is 355 g/mol. The molecule has 2 aromatic heterocycles. The van der Waals surface area contributed by atoms with Crippen molar-refractivity contribution in [3.63, 3.8) is 0 Å². The van der Waals surface area contributed by atoms with E-state index >= 15 is 0 Å². The number of carbonyl (C=O) groups excluding carboxylic acids is 2. The van der Waals surface area contributed by atoms with Crippen LogP contribution in [0.5, 0.6) is 0 Å². The van der Waals surface area contributed by atoms with Crippen LogP contribution in [-0.2, 0) is 24.8 Å². The molecule has 2 aromatic rings. The van der Waals surface area contributed by atoms with Gasteiger partial charge in [0, 0.05) is 39.5 Å². The van der Waals surface area contributed by atoms with Crippen LogP contribution >= 0.6 is 0 Å². The van der Waals surface area contributed by atoms with Crippen LogP contribution in [-0.4, -0.2) is 44.6 Å². The van der Waals surface area contributed by atoms with E-state index in [2.05, 4.69) is 15.4 Å². The normalized spacial score (nSPS) is 15.1. The first kappa shape index (κ1) is 18.1. The standard InChI is InChI=1S/C19H25N5O2/c1-14(25)24-9-6-15(7-10-24)11-18-17(13-23(2)22-18)19(26)21-12-16-5-3-4-8-20-16/h3-5,8,13,15H,6-7,9-12H2,1-2H3,(H,21,26). The summed E-state index contributed by atoms with van der Waals surface area (Å²) in [5.74, 6) is 0.457. The van der Waals surface area contributed by atoms with E-state index in [1.165, 1.54) is 0 Å². The molecular weight excluding hydrogens is 330 g/mol. The van der Waals surface area contributed by atoms with Crippen LogP contribution in [0.1, 0.15) is 41.5 Å². The average Bonchev–Trinajstić information content (AvgIpc) is 3.01. The maximum atomic E-state index is 12.6. The molecular formula is C19H25N5O2. The molecule has 26 heavy (non-hydrogen) atoms. The summed E-state index contributed by atoms with van der Waals surface area (Å²) in [7, 11) is 1.83. The average molecular weight is 355 g/mol. The van der Waals surface area contributed by atoms with Gasteiger partial charge < -0.3 is 10.2 Å². The van der Waals surface area contributed by atoms with E-state index in [-0.39, 0.29) is 11.8 Å². The van der Waals surface area contributed by atoms with Crippen molar-refractivity contribution in [1.29, 1.82) is 0 Å². The van der Waals surface area contributed by atoms with Crippen molar-refractivity contribution >= 4 is 11.8 Å². The van der Waals surface area contributed by atoms with Gasteiger partial charge in [0.25, 0.3) is 5.91 Å². The molecule has 7 heteroatoms. The molecule has 1 aliphatic rings. The Morgan fingerprint density at radius 2 is 2.04 bits per heavy atom. The van der Waals surface area contributed by atoms with Gasteiger partial charge in [-0.05, 0) is 37.3 Å². The molecule has 0 aliphatic carbocycles. The second-order valence-electron chi connectivity index (χ2n) is 6.82. The summed E-state index contributed by atoms with van der Waals surface area (Å²) >= 11 is 0. The lowest BCUT2D eigenvalue weighted by Crippen LogP contribution is -2.37. The number of amides is 2. The molecule has 0 aromatic carbocycles. The molecule has 1 N–H and O–H groups in total. The van der Waals surface area contributed by atoms with Gasteiger partial charge in [0.2, 0.25) is 5.91 Å². The lowest BCUT2D eigenvalue weighted by molar-refractivity contribution is -0.130. The Balaban J connectivity index is 1.61. The lowest BCUT2D eigenvalue weighted by atomic mass is 9.91. The smallest absolute Gasteiger partial charge is 0.255 e. The lowest BCUT2D eigenvalue weighted by Gasteiger charge is -2.31. The molecule has 7 nitrogen and oxygen atoms in total. The molecule has 0 radical (unpaired) electrons.